The molecule has 4 nitrogen and oxygen atoms in total. The van der Waals surface area contributed by atoms with Crippen molar-refractivity contribution in [3.63, 3.8) is 0 Å². The summed E-state index contributed by atoms with van der Waals surface area (Å²) in [5.41, 5.74) is 2.65. The van der Waals surface area contributed by atoms with Crippen molar-refractivity contribution in [3.05, 3.63) is 59.9 Å². The summed E-state index contributed by atoms with van der Waals surface area (Å²) >= 11 is 0. The van der Waals surface area contributed by atoms with Crippen molar-refractivity contribution in [2.24, 2.45) is 0 Å². The normalized spacial score (nSPS) is 14.6. The van der Waals surface area contributed by atoms with Crippen LogP contribution < -0.4 is 10.2 Å². The van der Waals surface area contributed by atoms with Gasteiger partial charge in [-0.25, -0.2) is 9.18 Å². The number of anilines is 2. The molecule has 0 aromatic heterocycles. The van der Waals surface area contributed by atoms with Crippen LogP contribution in [-0.4, -0.2) is 37.1 Å². The van der Waals surface area contributed by atoms with Crippen LogP contribution >= 0.6 is 0 Å². The van der Waals surface area contributed by atoms with E-state index < -0.39 is 0 Å². The number of urea groups is 1. The minimum Gasteiger partial charge on any atom is -0.366 e. The van der Waals surface area contributed by atoms with Crippen molar-refractivity contribution < 1.29 is 9.18 Å². The van der Waals surface area contributed by atoms with E-state index in [4.69, 9.17) is 0 Å². The van der Waals surface area contributed by atoms with Gasteiger partial charge in [-0.1, -0.05) is 31.2 Å². The minimum atomic E-state index is -0.216. The van der Waals surface area contributed by atoms with Gasteiger partial charge in [0.25, 0.3) is 0 Å². The van der Waals surface area contributed by atoms with Gasteiger partial charge in [0.15, 0.2) is 0 Å². The Hall–Kier alpha value is -2.56. The second-order valence-corrected chi connectivity index (χ2v) is 5.91. The van der Waals surface area contributed by atoms with Gasteiger partial charge in [0, 0.05) is 31.9 Å². The summed E-state index contributed by atoms with van der Waals surface area (Å²) in [6.45, 7) is 4.51. The van der Waals surface area contributed by atoms with Crippen molar-refractivity contribution in [1.82, 2.24) is 4.90 Å². The Bertz CT molecular complexity index is 694. The van der Waals surface area contributed by atoms with Crippen molar-refractivity contribution in [2.45, 2.75) is 13.3 Å². The average molecular weight is 327 g/mol. The van der Waals surface area contributed by atoms with Crippen LogP contribution in [0.3, 0.4) is 0 Å². The number of aryl methyl sites for hydroxylation is 1. The number of amides is 2. The molecule has 126 valence electrons. The third-order valence-corrected chi connectivity index (χ3v) is 4.37. The van der Waals surface area contributed by atoms with E-state index in [9.17, 15) is 9.18 Å². The molecule has 0 radical (unpaired) electrons. The van der Waals surface area contributed by atoms with E-state index in [0.29, 0.717) is 31.9 Å². The van der Waals surface area contributed by atoms with Crippen molar-refractivity contribution in [2.75, 3.05) is 36.4 Å². The van der Waals surface area contributed by atoms with Gasteiger partial charge in [0.05, 0.1) is 5.69 Å². The molecule has 1 aliphatic rings. The van der Waals surface area contributed by atoms with Gasteiger partial charge < -0.3 is 15.1 Å². The molecule has 3 rings (SSSR count). The van der Waals surface area contributed by atoms with Crippen molar-refractivity contribution in [3.8, 4) is 0 Å². The highest BCUT2D eigenvalue weighted by atomic mass is 19.1. The van der Waals surface area contributed by atoms with Crippen molar-refractivity contribution >= 4 is 17.4 Å². The van der Waals surface area contributed by atoms with Gasteiger partial charge in [-0.05, 0) is 36.2 Å². The lowest BCUT2D eigenvalue weighted by Crippen LogP contribution is -2.50. The number of para-hydroxylation sites is 1. The van der Waals surface area contributed by atoms with Gasteiger partial charge >= 0.3 is 6.03 Å². The number of hydrogen-bond acceptors (Lipinski definition) is 2. The first-order chi connectivity index (χ1) is 11.7. The third kappa shape index (κ3) is 3.67. The van der Waals surface area contributed by atoms with Gasteiger partial charge in [0.2, 0.25) is 0 Å². The van der Waals surface area contributed by atoms with E-state index in [0.717, 1.165) is 12.1 Å². The first kappa shape index (κ1) is 16.3. The number of nitrogens with one attached hydrogen (secondary N) is 1. The van der Waals surface area contributed by atoms with E-state index >= 15 is 0 Å². The van der Waals surface area contributed by atoms with Gasteiger partial charge in [-0.3, -0.25) is 0 Å². The Kier molecular flexibility index (Phi) is 4.99. The molecule has 24 heavy (non-hydrogen) atoms. The number of carbonyl (C=O) groups is 1. The summed E-state index contributed by atoms with van der Waals surface area (Å²) in [4.78, 5) is 16.1. The summed E-state index contributed by atoms with van der Waals surface area (Å²) in [5, 5.41) is 2.92. The summed E-state index contributed by atoms with van der Waals surface area (Å²) < 4.78 is 13.8. The van der Waals surface area contributed by atoms with Crippen LogP contribution in [-0.2, 0) is 6.42 Å². The molecule has 0 spiro atoms. The average Bonchev–Trinajstić information content (AvgIpc) is 2.63. The van der Waals surface area contributed by atoms with Crippen LogP contribution in [0, 0.1) is 5.82 Å². The monoisotopic (exact) mass is 327 g/mol. The molecule has 0 atom stereocenters. The second kappa shape index (κ2) is 7.34. The fourth-order valence-corrected chi connectivity index (χ4v) is 2.88. The van der Waals surface area contributed by atoms with Gasteiger partial charge in [-0.2, -0.15) is 0 Å². The highest BCUT2D eigenvalue weighted by molar-refractivity contribution is 5.89. The standard InChI is InChI=1S/C19H22FN3O/c1-2-15-7-9-16(10-8-15)21-19(24)23-13-11-22(12-14-23)18-6-4-3-5-17(18)20/h3-10H,2,11-14H2,1H3,(H,21,24). The Balaban J connectivity index is 1.56. The molecule has 1 N–H and O–H groups in total. The van der Waals surface area contributed by atoms with Gasteiger partial charge in [0.1, 0.15) is 5.82 Å². The molecule has 0 unspecified atom stereocenters. The van der Waals surface area contributed by atoms with E-state index in [2.05, 4.69) is 12.2 Å². The zero-order valence-corrected chi connectivity index (χ0v) is 13.8. The summed E-state index contributed by atoms with van der Waals surface area (Å²) in [6.07, 6.45) is 0.978. The predicted molar refractivity (Wildman–Crippen MR) is 95.0 cm³/mol. The molecule has 2 aromatic carbocycles. The Labute approximate surface area is 141 Å². The molecule has 1 heterocycles. The zero-order chi connectivity index (χ0) is 16.9. The van der Waals surface area contributed by atoms with E-state index in [1.807, 2.05) is 35.2 Å². The molecule has 2 aromatic rings. The summed E-state index contributed by atoms with van der Waals surface area (Å²) in [5.74, 6) is -0.216. The maximum Gasteiger partial charge on any atom is 0.321 e. The largest absolute Gasteiger partial charge is 0.366 e. The number of halogens is 1. The Morgan fingerprint density at radius 2 is 1.71 bits per heavy atom. The van der Waals surface area contributed by atoms with Crippen LogP contribution in [0.5, 0.6) is 0 Å². The molecule has 0 saturated carbocycles. The number of piperazine rings is 1. The molecule has 1 aliphatic heterocycles. The summed E-state index contributed by atoms with van der Waals surface area (Å²) in [6, 6.07) is 14.5. The lowest BCUT2D eigenvalue weighted by atomic mass is 10.1. The SMILES string of the molecule is CCc1ccc(NC(=O)N2CCN(c3ccccc3F)CC2)cc1. The number of benzene rings is 2. The molecular weight excluding hydrogens is 305 g/mol. The fraction of sp³-hybridized carbons (Fsp3) is 0.316. The van der Waals surface area contributed by atoms with Crippen molar-refractivity contribution in [1.29, 1.82) is 0 Å². The molecule has 0 bridgehead atoms. The number of nitrogens with zero attached hydrogens (tertiary/aromatic N) is 2. The van der Waals surface area contributed by atoms with Crippen LogP contribution in [0.2, 0.25) is 0 Å². The van der Waals surface area contributed by atoms with E-state index in [1.54, 1.807) is 17.0 Å². The predicted octanol–water partition coefficient (Wildman–Crippen LogP) is 3.74. The van der Waals surface area contributed by atoms with Crippen LogP contribution in [0.4, 0.5) is 20.6 Å². The maximum absolute atomic E-state index is 13.8. The molecule has 0 aliphatic carbocycles. The fourth-order valence-electron chi connectivity index (χ4n) is 2.88. The Morgan fingerprint density at radius 1 is 1.04 bits per heavy atom. The van der Waals surface area contributed by atoms with E-state index in [1.165, 1.54) is 11.6 Å². The molecular formula is C19H22FN3O. The smallest absolute Gasteiger partial charge is 0.321 e. The van der Waals surface area contributed by atoms with Crippen LogP contribution in [0.25, 0.3) is 0 Å². The highest BCUT2D eigenvalue weighted by Crippen LogP contribution is 2.20. The molecule has 5 heteroatoms. The molecule has 1 fully saturated rings. The Morgan fingerprint density at radius 3 is 2.33 bits per heavy atom. The third-order valence-electron chi connectivity index (χ3n) is 4.37. The first-order valence-electron chi connectivity index (χ1n) is 8.31. The quantitative estimate of drug-likeness (QED) is 0.932. The second-order valence-electron chi connectivity index (χ2n) is 5.91. The zero-order valence-electron chi connectivity index (χ0n) is 13.8. The maximum atomic E-state index is 13.8. The number of hydrogen-bond donors (Lipinski definition) is 1. The van der Waals surface area contributed by atoms with E-state index in [-0.39, 0.29) is 11.8 Å². The lowest BCUT2D eigenvalue weighted by molar-refractivity contribution is 0.208. The first-order valence-corrected chi connectivity index (χ1v) is 8.31. The topological polar surface area (TPSA) is 35.6 Å². The van der Waals surface area contributed by atoms with Crippen LogP contribution in [0.1, 0.15) is 12.5 Å². The van der Waals surface area contributed by atoms with Gasteiger partial charge in [-0.15, -0.1) is 0 Å². The lowest BCUT2D eigenvalue weighted by Gasteiger charge is -2.36. The number of carbonyl (C=O) groups excluding carboxylic acids is 1. The highest BCUT2D eigenvalue weighted by Gasteiger charge is 2.22. The molecule has 1 saturated heterocycles. The van der Waals surface area contributed by atoms with Crippen LogP contribution in [0.15, 0.2) is 48.5 Å². The minimum absolute atomic E-state index is 0.104. The summed E-state index contributed by atoms with van der Waals surface area (Å²) in [7, 11) is 0. The number of rotatable bonds is 3. The molecule has 2 amide bonds.